The van der Waals surface area contributed by atoms with Crippen LogP contribution in [0.3, 0.4) is 0 Å². The van der Waals surface area contributed by atoms with Gasteiger partial charge in [-0.25, -0.2) is 4.98 Å². The normalized spacial score (nSPS) is 30.7. The van der Waals surface area contributed by atoms with Gasteiger partial charge in [0.1, 0.15) is 6.04 Å². The number of carbonyl (C=O) groups is 2. The van der Waals surface area contributed by atoms with Crippen molar-refractivity contribution < 1.29 is 14.7 Å². The number of nitrogens with one attached hydrogen (secondary N) is 1. The fourth-order valence-electron chi connectivity index (χ4n) is 5.23. The van der Waals surface area contributed by atoms with Gasteiger partial charge in [0.2, 0.25) is 11.8 Å². The van der Waals surface area contributed by atoms with Gasteiger partial charge >= 0.3 is 0 Å². The zero-order chi connectivity index (χ0) is 24.1. The van der Waals surface area contributed by atoms with E-state index < -0.39 is 18.2 Å². The summed E-state index contributed by atoms with van der Waals surface area (Å²) >= 11 is 1.60. The van der Waals surface area contributed by atoms with Gasteiger partial charge in [-0.3, -0.25) is 9.59 Å². The topological polar surface area (TPSA) is 109 Å². The molecule has 1 aliphatic carbocycles. The van der Waals surface area contributed by atoms with Gasteiger partial charge in [0.25, 0.3) is 0 Å². The molecule has 8 heteroatoms. The van der Waals surface area contributed by atoms with Crippen molar-refractivity contribution in [2.75, 3.05) is 6.54 Å². The number of rotatable bonds is 6. The SMILES string of the molecule is Cc1ncsc1-c1ccc([C@H](C)NC(=O)[C@@H]2C[C@@H](O)CN2C(=O)[C@@H](N)C2(C)C(C)[C@@H]2C)cc1. The van der Waals surface area contributed by atoms with Crippen LogP contribution < -0.4 is 11.1 Å². The number of amides is 2. The number of aryl methyl sites for hydroxylation is 1. The van der Waals surface area contributed by atoms with Crippen LogP contribution in [-0.2, 0) is 9.59 Å². The molecule has 2 aliphatic rings. The fourth-order valence-corrected chi connectivity index (χ4v) is 6.04. The van der Waals surface area contributed by atoms with Crippen LogP contribution in [0.15, 0.2) is 29.8 Å². The van der Waals surface area contributed by atoms with E-state index >= 15 is 0 Å². The summed E-state index contributed by atoms with van der Waals surface area (Å²) in [5, 5.41) is 13.3. The number of thiazole rings is 1. The fraction of sp³-hybridized carbons (Fsp3) is 0.560. The first-order valence-electron chi connectivity index (χ1n) is 11.6. The van der Waals surface area contributed by atoms with E-state index in [9.17, 15) is 14.7 Å². The molecule has 2 heterocycles. The first-order chi connectivity index (χ1) is 15.6. The van der Waals surface area contributed by atoms with Crippen LogP contribution >= 0.6 is 11.3 Å². The van der Waals surface area contributed by atoms with Crippen molar-refractivity contribution in [1.29, 1.82) is 0 Å². The van der Waals surface area contributed by atoms with Crippen molar-refractivity contribution >= 4 is 23.2 Å². The Bertz CT molecular complexity index is 1030. The summed E-state index contributed by atoms with van der Waals surface area (Å²) in [6, 6.07) is 6.43. The van der Waals surface area contributed by atoms with Crippen LogP contribution in [0.5, 0.6) is 0 Å². The average molecular weight is 471 g/mol. The minimum absolute atomic E-state index is 0.140. The Kier molecular flexibility index (Phi) is 6.37. The van der Waals surface area contributed by atoms with Crippen LogP contribution in [-0.4, -0.2) is 51.5 Å². The number of hydrogen-bond acceptors (Lipinski definition) is 6. The minimum Gasteiger partial charge on any atom is -0.391 e. The summed E-state index contributed by atoms with van der Waals surface area (Å²) in [6.07, 6.45) is -0.501. The third-order valence-electron chi connectivity index (χ3n) is 8.18. The minimum atomic E-state index is -0.726. The molecule has 2 fully saturated rings. The quantitative estimate of drug-likeness (QED) is 0.602. The third-order valence-corrected chi connectivity index (χ3v) is 9.16. The number of hydrogen-bond donors (Lipinski definition) is 3. The lowest BCUT2D eigenvalue weighted by Gasteiger charge is -2.30. The van der Waals surface area contributed by atoms with Crippen LogP contribution in [0.4, 0.5) is 0 Å². The number of benzene rings is 1. The predicted molar refractivity (Wildman–Crippen MR) is 129 cm³/mol. The Morgan fingerprint density at radius 3 is 2.45 bits per heavy atom. The van der Waals surface area contributed by atoms with Crippen molar-refractivity contribution in [2.24, 2.45) is 23.0 Å². The molecule has 1 aromatic heterocycles. The zero-order valence-corrected chi connectivity index (χ0v) is 20.7. The van der Waals surface area contributed by atoms with E-state index in [1.807, 2.05) is 50.5 Å². The summed E-state index contributed by atoms with van der Waals surface area (Å²) in [6.45, 7) is 10.3. The second-order valence-electron chi connectivity index (χ2n) is 9.94. The molecule has 1 saturated carbocycles. The maximum Gasteiger partial charge on any atom is 0.243 e. The summed E-state index contributed by atoms with van der Waals surface area (Å²) in [5.74, 6) is 0.201. The molecular weight excluding hydrogens is 436 g/mol. The molecule has 7 nitrogen and oxygen atoms in total. The van der Waals surface area contributed by atoms with Crippen LogP contribution in [0, 0.1) is 24.2 Å². The molecule has 1 saturated heterocycles. The summed E-state index contributed by atoms with van der Waals surface area (Å²) in [5.41, 5.74) is 11.0. The van der Waals surface area contributed by atoms with E-state index in [4.69, 9.17) is 5.73 Å². The molecule has 2 amide bonds. The highest BCUT2D eigenvalue weighted by Gasteiger charge is 2.61. The molecule has 4 rings (SSSR count). The van der Waals surface area contributed by atoms with E-state index in [0.29, 0.717) is 11.8 Å². The van der Waals surface area contributed by atoms with Gasteiger partial charge in [0.15, 0.2) is 0 Å². The second kappa shape index (κ2) is 8.81. The second-order valence-corrected chi connectivity index (χ2v) is 10.8. The molecule has 0 bridgehead atoms. The average Bonchev–Trinajstić information content (AvgIpc) is 3.20. The van der Waals surface area contributed by atoms with Crippen molar-refractivity contribution in [2.45, 2.75) is 65.3 Å². The third kappa shape index (κ3) is 4.20. The molecule has 33 heavy (non-hydrogen) atoms. The van der Waals surface area contributed by atoms with Crippen LogP contribution in [0.2, 0.25) is 0 Å². The van der Waals surface area contributed by atoms with E-state index in [0.717, 1.165) is 21.7 Å². The Morgan fingerprint density at radius 1 is 1.27 bits per heavy atom. The lowest BCUT2D eigenvalue weighted by atomic mass is 9.93. The summed E-state index contributed by atoms with van der Waals surface area (Å²) < 4.78 is 0. The maximum absolute atomic E-state index is 13.2. The van der Waals surface area contributed by atoms with Crippen molar-refractivity contribution in [3.8, 4) is 10.4 Å². The Morgan fingerprint density at radius 2 is 1.91 bits per heavy atom. The highest BCUT2D eigenvalue weighted by Crippen LogP contribution is 2.60. The van der Waals surface area contributed by atoms with E-state index in [1.54, 1.807) is 11.3 Å². The van der Waals surface area contributed by atoms with E-state index in [-0.39, 0.29) is 36.2 Å². The van der Waals surface area contributed by atoms with E-state index in [1.165, 1.54) is 4.90 Å². The molecule has 2 unspecified atom stereocenters. The van der Waals surface area contributed by atoms with Gasteiger partial charge in [0, 0.05) is 13.0 Å². The number of likely N-dealkylation sites (tertiary alicyclic amines) is 1. The molecule has 0 spiro atoms. The molecular formula is C25H34N4O3S. The lowest BCUT2D eigenvalue weighted by molar-refractivity contribution is -0.141. The monoisotopic (exact) mass is 470 g/mol. The van der Waals surface area contributed by atoms with Crippen molar-refractivity contribution in [3.05, 3.63) is 41.0 Å². The van der Waals surface area contributed by atoms with Crippen molar-refractivity contribution in [1.82, 2.24) is 15.2 Å². The first kappa shape index (κ1) is 23.9. The van der Waals surface area contributed by atoms with Crippen molar-refractivity contribution in [3.63, 3.8) is 0 Å². The standard InChI is InChI=1S/C25H34N4O3S/c1-13-14(2)25(13,5)22(26)24(32)29-11-19(30)10-20(29)23(31)28-15(3)17-6-8-18(9-7-17)21-16(4)27-12-33-21/h6-9,12-15,19-20,22,30H,10-11,26H2,1-5H3,(H,28,31)/t13-,14?,15-,19+,20-,22+,25?/m0/s1. The molecule has 7 atom stereocenters. The Labute approximate surface area is 199 Å². The number of aliphatic hydroxyl groups excluding tert-OH is 1. The van der Waals surface area contributed by atoms with Crippen LogP contribution in [0.1, 0.15) is 51.4 Å². The summed E-state index contributed by atoms with van der Waals surface area (Å²) in [7, 11) is 0. The van der Waals surface area contributed by atoms with E-state index in [2.05, 4.69) is 24.1 Å². The number of carbonyl (C=O) groups excluding carboxylic acids is 2. The molecule has 4 N–H and O–H groups in total. The Hall–Kier alpha value is -2.29. The smallest absolute Gasteiger partial charge is 0.243 e. The molecule has 2 aromatic rings. The lowest BCUT2D eigenvalue weighted by Crippen LogP contribution is -2.54. The highest BCUT2D eigenvalue weighted by molar-refractivity contribution is 7.13. The Balaban J connectivity index is 1.43. The van der Waals surface area contributed by atoms with Gasteiger partial charge in [-0.2, -0.15) is 0 Å². The predicted octanol–water partition coefficient (Wildman–Crippen LogP) is 2.88. The van der Waals surface area contributed by atoms with Gasteiger partial charge in [-0.15, -0.1) is 11.3 Å². The maximum atomic E-state index is 13.2. The van der Waals surface area contributed by atoms with Gasteiger partial charge in [0.05, 0.1) is 34.3 Å². The number of nitrogens with two attached hydrogens (primary N) is 1. The first-order valence-corrected chi connectivity index (χ1v) is 12.5. The molecule has 178 valence electrons. The number of nitrogens with zero attached hydrogens (tertiary/aromatic N) is 2. The number of aliphatic hydroxyl groups is 1. The molecule has 1 aromatic carbocycles. The molecule has 1 aliphatic heterocycles. The zero-order valence-electron chi connectivity index (χ0n) is 19.9. The summed E-state index contributed by atoms with van der Waals surface area (Å²) in [4.78, 5) is 33.3. The largest absolute Gasteiger partial charge is 0.391 e. The highest BCUT2D eigenvalue weighted by atomic mass is 32.1. The van der Waals surface area contributed by atoms with Gasteiger partial charge in [-0.05, 0) is 42.2 Å². The van der Waals surface area contributed by atoms with Crippen LogP contribution in [0.25, 0.3) is 10.4 Å². The van der Waals surface area contributed by atoms with Gasteiger partial charge in [-0.1, -0.05) is 45.0 Å². The van der Waals surface area contributed by atoms with Gasteiger partial charge < -0.3 is 21.1 Å². The number of aromatic nitrogens is 1. The number of β-amino-alcohol motifs (C(OH)–C–C–N with tert-alkyl or cyclic N) is 1. The molecule has 0 radical (unpaired) electrons.